The minimum absolute atomic E-state index is 0.796. The van der Waals surface area contributed by atoms with Gasteiger partial charge in [0.2, 0.25) is 0 Å². The standard InChI is InChI=1S/C13H13/c1-2-4-11(5-3-1)13-9-10-6-7-12(13)8-10/h2-7,10,12-13H,8-9H2. The number of hydrogen-bond acceptors (Lipinski definition) is 0. The van der Waals surface area contributed by atoms with Crippen LogP contribution >= 0.6 is 0 Å². The van der Waals surface area contributed by atoms with Gasteiger partial charge in [-0.3, -0.25) is 0 Å². The lowest BCUT2D eigenvalue weighted by Gasteiger charge is -2.17. The summed E-state index contributed by atoms with van der Waals surface area (Å²) in [5, 5.41) is 0. The molecule has 3 rings (SSSR count). The summed E-state index contributed by atoms with van der Waals surface area (Å²) >= 11 is 0. The van der Waals surface area contributed by atoms with Crippen molar-refractivity contribution in [2.24, 2.45) is 11.8 Å². The second-order valence-corrected chi connectivity index (χ2v) is 4.22. The molecule has 1 saturated carbocycles. The summed E-state index contributed by atoms with van der Waals surface area (Å²) in [6, 6.07) is 11.6. The van der Waals surface area contributed by atoms with E-state index in [4.69, 9.17) is 0 Å². The van der Waals surface area contributed by atoms with E-state index in [0.29, 0.717) is 0 Å². The fourth-order valence-corrected chi connectivity index (χ4v) is 2.81. The lowest BCUT2D eigenvalue weighted by Crippen LogP contribution is -2.04. The third-order valence-electron chi connectivity index (χ3n) is 3.45. The van der Waals surface area contributed by atoms with Gasteiger partial charge in [-0.2, -0.15) is 0 Å². The topological polar surface area (TPSA) is 0 Å². The first-order chi connectivity index (χ1) is 6.43. The maximum absolute atomic E-state index is 3.08. The minimum Gasteiger partial charge on any atom is -0.0851 e. The average molecular weight is 169 g/mol. The Morgan fingerprint density at radius 3 is 2.54 bits per heavy atom. The normalized spacial score (nSPS) is 35.5. The van der Waals surface area contributed by atoms with Gasteiger partial charge in [0.15, 0.2) is 0 Å². The van der Waals surface area contributed by atoms with Crippen molar-refractivity contribution in [2.75, 3.05) is 0 Å². The lowest BCUT2D eigenvalue weighted by molar-refractivity contribution is 0.585. The van der Waals surface area contributed by atoms with Gasteiger partial charge >= 0.3 is 0 Å². The smallest absolute Gasteiger partial charge is 0.00932 e. The summed E-state index contributed by atoms with van der Waals surface area (Å²) in [6.45, 7) is 0. The van der Waals surface area contributed by atoms with E-state index in [1.807, 2.05) is 12.1 Å². The second-order valence-electron chi connectivity index (χ2n) is 4.22. The number of rotatable bonds is 1. The molecule has 0 spiro atoms. The van der Waals surface area contributed by atoms with Crippen LogP contribution in [0.25, 0.3) is 0 Å². The Kier molecular flexibility index (Phi) is 1.55. The van der Waals surface area contributed by atoms with Crippen molar-refractivity contribution >= 4 is 0 Å². The molecule has 1 fully saturated rings. The van der Waals surface area contributed by atoms with Gasteiger partial charge in [0.1, 0.15) is 0 Å². The molecule has 0 N–H and O–H groups in total. The van der Waals surface area contributed by atoms with Crippen molar-refractivity contribution in [1.29, 1.82) is 0 Å². The molecule has 0 saturated heterocycles. The molecule has 0 heteroatoms. The van der Waals surface area contributed by atoms with Crippen molar-refractivity contribution in [3.05, 3.63) is 48.0 Å². The van der Waals surface area contributed by atoms with Crippen LogP contribution in [0.4, 0.5) is 0 Å². The van der Waals surface area contributed by atoms with E-state index in [1.54, 1.807) is 0 Å². The molecule has 2 aliphatic carbocycles. The zero-order chi connectivity index (χ0) is 8.67. The largest absolute Gasteiger partial charge is 0.0851 e. The van der Waals surface area contributed by atoms with Gasteiger partial charge < -0.3 is 0 Å². The first-order valence-corrected chi connectivity index (χ1v) is 5.08. The van der Waals surface area contributed by atoms with Crippen LogP contribution in [0.15, 0.2) is 36.4 Å². The lowest BCUT2D eigenvalue weighted by atomic mass is 9.87. The molecule has 0 heterocycles. The highest BCUT2D eigenvalue weighted by Gasteiger charge is 2.35. The Balaban J connectivity index is 1.92. The van der Waals surface area contributed by atoms with Crippen LogP contribution in [0.3, 0.4) is 0 Å². The van der Waals surface area contributed by atoms with Crippen LogP contribution in [0.1, 0.15) is 24.3 Å². The molecule has 0 aromatic heterocycles. The highest BCUT2D eigenvalue weighted by molar-refractivity contribution is 5.26. The van der Waals surface area contributed by atoms with Gasteiger partial charge in [0, 0.05) is 0 Å². The fourth-order valence-electron chi connectivity index (χ4n) is 2.81. The maximum atomic E-state index is 3.08. The first-order valence-electron chi connectivity index (χ1n) is 5.08. The number of fused-ring (bicyclic) bond motifs is 2. The van der Waals surface area contributed by atoms with E-state index >= 15 is 0 Å². The van der Waals surface area contributed by atoms with Gasteiger partial charge in [-0.15, -0.1) is 0 Å². The molecule has 0 nitrogen and oxygen atoms in total. The summed E-state index contributed by atoms with van der Waals surface area (Å²) in [4.78, 5) is 0. The number of hydrogen-bond donors (Lipinski definition) is 0. The van der Waals surface area contributed by atoms with Crippen LogP contribution in [0.5, 0.6) is 0 Å². The van der Waals surface area contributed by atoms with Crippen molar-refractivity contribution in [3.63, 3.8) is 0 Å². The Morgan fingerprint density at radius 1 is 1.08 bits per heavy atom. The van der Waals surface area contributed by atoms with E-state index < -0.39 is 0 Å². The average Bonchev–Trinajstić information content (AvgIpc) is 2.80. The Bertz CT molecular complexity index is 323. The summed E-state index contributed by atoms with van der Waals surface area (Å²) in [6.07, 6.45) is 7.57. The monoisotopic (exact) mass is 169 g/mol. The maximum Gasteiger partial charge on any atom is -0.00932 e. The molecule has 65 valence electrons. The Morgan fingerprint density at radius 2 is 1.92 bits per heavy atom. The molecule has 1 aromatic carbocycles. The predicted molar refractivity (Wildman–Crippen MR) is 53.4 cm³/mol. The summed E-state index contributed by atoms with van der Waals surface area (Å²) < 4.78 is 0. The molecule has 3 atom stereocenters. The van der Waals surface area contributed by atoms with Gasteiger partial charge in [-0.1, -0.05) is 36.4 Å². The van der Waals surface area contributed by atoms with Crippen LogP contribution in [0.2, 0.25) is 0 Å². The summed E-state index contributed by atoms with van der Waals surface area (Å²) in [7, 11) is 0. The molecule has 2 bridgehead atoms. The number of allylic oxidation sites excluding steroid dienone is 2. The highest BCUT2D eigenvalue weighted by Crippen LogP contribution is 2.48. The summed E-state index contributed by atoms with van der Waals surface area (Å²) in [5.74, 6) is 2.50. The SMILES string of the molecule is [c]1ccc(C2CC3C=CC2C3)cc1. The molecule has 1 aromatic rings. The Labute approximate surface area is 79.3 Å². The van der Waals surface area contributed by atoms with Crippen LogP contribution < -0.4 is 0 Å². The zero-order valence-corrected chi connectivity index (χ0v) is 7.61. The van der Waals surface area contributed by atoms with Gasteiger partial charge in [0.25, 0.3) is 0 Å². The highest BCUT2D eigenvalue weighted by atomic mass is 14.4. The molecule has 0 aliphatic heterocycles. The number of benzene rings is 1. The third kappa shape index (κ3) is 1.13. The second kappa shape index (κ2) is 2.73. The molecule has 0 amide bonds. The quantitative estimate of drug-likeness (QED) is 0.566. The van der Waals surface area contributed by atoms with E-state index in [-0.39, 0.29) is 0 Å². The molecule has 3 unspecified atom stereocenters. The predicted octanol–water partition coefficient (Wildman–Crippen LogP) is 3.17. The fraction of sp³-hybridized carbons (Fsp3) is 0.385. The van der Waals surface area contributed by atoms with E-state index in [1.165, 1.54) is 18.4 Å². The molecule has 1 radical (unpaired) electrons. The summed E-state index contributed by atoms with van der Waals surface area (Å²) in [5.41, 5.74) is 1.51. The molecular weight excluding hydrogens is 156 g/mol. The van der Waals surface area contributed by atoms with Crippen molar-refractivity contribution < 1.29 is 0 Å². The first kappa shape index (κ1) is 7.37. The van der Waals surface area contributed by atoms with Crippen LogP contribution in [0, 0.1) is 17.9 Å². The molecule has 2 aliphatic rings. The Hall–Kier alpha value is -1.04. The van der Waals surface area contributed by atoms with Gasteiger partial charge in [0.05, 0.1) is 0 Å². The van der Waals surface area contributed by atoms with Gasteiger partial charge in [-0.25, -0.2) is 0 Å². The molecule has 13 heavy (non-hydrogen) atoms. The third-order valence-corrected chi connectivity index (χ3v) is 3.45. The van der Waals surface area contributed by atoms with Crippen molar-refractivity contribution in [1.82, 2.24) is 0 Å². The van der Waals surface area contributed by atoms with Crippen molar-refractivity contribution in [3.8, 4) is 0 Å². The van der Waals surface area contributed by atoms with Gasteiger partial charge in [-0.05, 0) is 42.2 Å². The van der Waals surface area contributed by atoms with Crippen LogP contribution in [-0.4, -0.2) is 0 Å². The van der Waals surface area contributed by atoms with E-state index in [9.17, 15) is 0 Å². The van der Waals surface area contributed by atoms with Crippen molar-refractivity contribution in [2.45, 2.75) is 18.8 Å². The van der Waals surface area contributed by atoms with Crippen LogP contribution in [-0.2, 0) is 0 Å². The molecular formula is C13H13. The zero-order valence-electron chi connectivity index (χ0n) is 7.61. The van der Waals surface area contributed by atoms with E-state index in [2.05, 4.69) is 30.4 Å². The minimum atomic E-state index is 0.796. The van der Waals surface area contributed by atoms with E-state index in [0.717, 1.165) is 17.8 Å².